The van der Waals surface area contributed by atoms with Crippen molar-refractivity contribution < 1.29 is 0 Å². The van der Waals surface area contributed by atoms with Crippen LogP contribution in [0.2, 0.25) is 0 Å². The highest BCUT2D eigenvalue weighted by Gasteiger charge is 2.09. The number of pyridine rings is 1. The molecule has 5 nitrogen and oxygen atoms in total. The molecule has 0 amide bonds. The average molecular weight is 382 g/mol. The molecule has 4 rings (SSSR count). The Morgan fingerprint density at radius 3 is 2.77 bits per heavy atom. The van der Waals surface area contributed by atoms with Gasteiger partial charge in [0.15, 0.2) is 4.34 Å². The van der Waals surface area contributed by atoms with Crippen LogP contribution in [0.25, 0.3) is 5.65 Å². The van der Waals surface area contributed by atoms with Crippen LogP contribution < -0.4 is 5.32 Å². The van der Waals surface area contributed by atoms with Gasteiger partial charge < -0.3 is 9.72 Å². The summed E-state index contributed by atoms with van der Waals surface area (Å²) in [6.07, 6.45) is 4.10. The number of aromatic nitrogens is 4. The topological polar surface area (TPSA) is 55.1 Å². The van der Waals surface area contributed by atoms with Gasteiger partial charge in [0, 0.05) is 23.8 Å². The molecule has 0 unspecified atom stereocenters. The van der Waals surface area contributed by atoms with Crippen LogP contribution in [0.3, 0.4) is 0 Å². The van der Waals surface area contributed by atoms with Gasteiger partial charge in [-0.25, -0.2) is 4.98 Å². The number of nitrogens with one attached hydrogen (secondary N) is 1. The molecule has 4 aromatic rings. The Bertz CT molecular complexity index is 1070. The molecule has 0 aliphatic carbocycles. The zero-order chi connectivity index (χ0) is 18.1. The first-order chi connectivity index (χ1) is 12.6. The second kappa shape index (κ2) is 7.09. The maximum absolute atomic E-state index is 4.71. The molecule has 3 heterocycles. The number of anilines is 2. The first-order valence-corrected chi connectivity index (χ1v) is 10.1. The zero-order valence-corrected chi connectivity index (χ0v) is 16.5. The molecule has 0 aliphatic rings. The third-order valence-corrected chi connectivity index (χ3v) is 6.33. The number of fused-ring (bicyclic) bond motifs is 1. The molecule has 1 aromatic carbocycles. The molecule has 0 atom stereocenters. The predicted octanol–water partition coefficient (Wildman–Crippen LogP) is 5.15. The Morgan fingerprint density at radius 1 is 1.08 bits per heavy atom. The summed E-state index contributed by atoms with van der Waals surface area (Å²) in [4.78, 5) is 4.71. The Kier molecular flexibility index (Phi) is 4.65. The van der Waals surface area contributed by atoms with E-state index in [4.69, 9.17) is 4.98 Å². The summed E-state index contributed by atoms with van der Waals surface area (Å²) in [7, 11) is 0. The van der Waals surface area contributed by atoms with Crippen LogP contribution in [-0.4, -0.2) is 19.6 Å². The van der Waals surface area contributed by atoms with Crippen molar-refractivity contribution in [2.75, 3.05) is 5.32 Å². The van der Waals surface area contributed by atoms with E-state index in [1.54, 1.807) is 23.1 Å². The van der Waals surface area contributed by atoms with Gasteiger partial charge in [0.05, 0.1) is 5.69 Å². The smallest absolute Gasteiger partial charge is 0.210 e. The number of nitrogens with zero attached hydrogens (tertiary/aromatic N) is 4. The van der Waals surface area contributed by atoms with Crippen LogP contribution in [0, 0.1) is 20.8 Å². The molecule has 0 radical (unpaired) electrons. The van der Waals surface area contributed by atoms with Crippen molar-refractivity contribution in [3.63, 3.8) is 0 Å². The van der Waals surface area contributed by atoms with Crippen LogP contribution in [0.1, 0.15) is 22.4 Å². The van der Waals surface area contributed by atoms with Crippen molar-refractivity contribution in [1.82, 2.24) is 19.6 Å². The maximum atomic E-state index is 4.71. The van der Waals surface area contributed by atoms with Gasteiger partial charge >= 0.3 is 0 Å². The number of thioether (sulfide) groups is 1. The van der Waals surface area contributed by atoms with Crippen molar-refractivity contribution in [1.29, 1.82) is 0 Å². The van der Waals surface area contributed by atoms with Gasteiger partial charge in [0.1, 0.15) is 5.65 Å². The second-order valence-corrected chi connectivity index (χ2v) is 8.39. The molecular formula is C19H19N5S2. The Labute approximate surface area is 160 Å². The number of hydrogen-bond donors (Lipinski definition) is 1. The number of benzene rings is 1. The SMILES string of the molecule is Cc1cccc(Nc2nnc(SCc3cn4cccc(C)c4n3)s2)c1C. The lowest BCUT2D eigenvalue weighted by Crippen LogP contribution is -1.94. The van der Waals surface area contributed by atoms with E-state index in [1.807, 2.05) is 18.3 Å². The first-order valence-electron chi connectivity index (χ1n) is 8.33. The minimum Gasteiger partial charge on any atom is -0.330 e. The molecule has 0 aliphatic heterocycles. The summed E-state index contributed by atoms with van der Waals surface area (Å²) in [5.41, 5.74) is 6.81. The highest BCUT2D eigenvalue weighted by molar-refractivity contribution is 8.00. The highest BCUT2D eigenvalue weighted by atomic mass is 32.2. The molecule has 7 heteroatoms. The van der Waals surface area contributed by atoms with E-state index in [1.165, 1.54) is 16.7 Å². The quantitative estimate of drug-likeness (QED) is 0.485. The van der Waals surface area contributed by atoms with E-state index < -0.39 is 0 Å². The van der Waals surface area contributed by atoms with Gasteiger partial charge in [0.2, 0.25) is 5.13 Å². The average Bonchev–Trinajstić information content (AvgIpc) is 3.24. The van der Waals surface area contributed by atoms with E-state index in [0.717, 1.165) is 32.3 Å². The third kappa shape index (κ3) is 3.45. The Morgan fingerprint density at radius 2 is 1.92 bits per heavy atom. The van der Waals surface area contributed by atoms with E-state index in [0.29, 0.717) is 0 Å². The lowest BCUT2D eigenvalue weighted by molar-refractivity contribution is 1.01. The van der Waals surface area contributed by atoms with Crippen LogP contribution >= 0.6 is 23.1 Å². The lowest BCUT2D eigenvalue weighted by Gasteiger charge is -2.08. The fraction of sp³-hybridized carbons (Fsp3) is 0.211. The number of rotatable bonds is 5. The van der Waals surface area contributed by atoms with Crippen molar-refractivity contribution in [3.8, 4) is 0 Å². The van der Waals surface area contributed by atoms with Gasteiger partial charge in [-0.3, -0.25) is 0 Å². The van der Waals surface area contributed by atoms with Gasteiger partial charge in [-0.2, -0.15) is 0 Å². The largest absolute Gasteiger partial charge is 0.330 e. The van der Waals surface area contributed by atoms with Crippen molar-refractivity contribution >= 4 is 39.6 Å². The molecule has 0 fully saturated rings. The summed E-state index contributed by atoms with van der Waals surface area (Å²) < 4.78 is 3.00. The van der Waals surface area contributed by atoms with Gasteiger partial charge in [-0.1, -0.05) is 41.3 Å². The Hall–Kier alpha value is -2.38. The third-order valence-electron chi connectivity index (χ3n) is 4.32. The van der Waals surface area contributed by atoms with Crippen molar-refractivity contribution in [3.05, 3.63) is 65.1 Å². The molecule has 1 N–H and O–H groups in total. The molecule has 26 heavy (non-hydrogen) atoms. The summed E-state index contributed by atoms with van der Waals surface area (Å²) in [5.74, 6) is 0.777. The summed E-state index contributed by atoms with van der Waals surface area (Å²) in [5, 5.41) is 12.7. The minimum atomic E-state index is 0.777. The summed E-state index contributed by atoms with van der Waals surface area (Å²) in [6, 6.07) is 10.3. The minimum absolute atomic E-state index is 0.777. The molecule has 132 valence electrons. The molecule has 0 saturated carbocycles. The van der Waals surface area contributed by atoms with E-state index >= 15 is 0 Å². The maximum Gasteiger partial charge on any atom is 0.210 e. The van der Waals surface area contributed by atoms with Gasteiger partial charge in [-0.05, 0) is 49.6 Å². The predicted molar refractivity (Wildman–Crippen MR) is 109 cm³/mol. The number of aryl methyl sites for hydroxylation is 2. The number of imidazole rings is 1. The fourth-order valence-electron chi connectivity index (χ4n) is 2.73. The first kappa shape index (κ1) is 17.1. The van der Waals surface area contributed by atoms with Crippen molar-refractivity contribution in [2.24, 2.45) is 0 Å². The second-order valence-electron chi connectivity index (χ2n) is 6.19. The fourth-order valence-corrected chi connectivity index (χ4v) is 4.38. The Balaban J connectivity index is 1.44. The molecule has 0 saturated heterocycles. The van der Waals surface area contributed by atoms with E-state index in [2.05, 4.69) is 65.1 Å². The summed E-state index contributed by atoms with van der Waals surface area (Å²) in [6.45, 7) is 6.30. The molecule has 3 aromatic heterocycles. The molecule has 0 bridgehead atoms. The van der Waals surface area contributed by atoms with Crippen LogP contribution in [0.15, 0.2) is 47.1 Å². The normalized spacial score (nSPS) is 11.2. The lowest BCUT2D eigenvalue weighted by atomic mass is 10.1. The monoisotopic (exact) mass is 381 g/mol. The standard InChI is InChI=1S/C19H19N5S2/c1-12-6-4-8-16(14(12)3)21-18-22-23-19(26-18)25-11-15-10-24-9-5-7-13(2)17(24)20-15/h4-10H,11H2,1-3H3,(H,21,22). The molecule has 0 spiro atoms. The molecular weight excluding hydrogens is 362 g/mol. The number of hydrogen-bond acceptors (Lipinski definition) is 6. The van der Waals surface area contributed by atoms with Gasteiger partial charge in [0.25, 0.3) is 0 Å². The summed E-state index contributed by atoms with van der Waals surface area (Å²) >= 11 is 3.23. The zero-order valence-electron chi connectivity index (χ0n) is 14.9. The van der Waals surface area contributed by atoms with Gasteiger partial charge in [-0.15, -0.1) is 10.2 Å². The van der Waals surface area contributed by atoms with Crippen LogP contribution in [-0.2, 0) is 5.75 Å². The van der Waals surface area contributed by atoms with E-state index in [-0.39, 0.29) is 0 Å². The van der Waals surface area contributed by atoms with Crippen LogP contribution in [0.5, 0.6) is 0 Å². The highest BCUT2D eigenvalue weighted by Crippen LogP contribution is 2.31. The van der Waals surface area contributed by atoms with Crippen molar-refractivity contribution in [2.45, 2.75) is 30.9 Å². The van der Waals surface area contributed by atoms with Crippen LogP contribution in [0.4, 0.5) is 10.8 Å². The van der Waals surface area contributed by atoms with E-state index in [9.17, 15) is 0 Å².